The van der Waals surface area contributed by atoms with Gasteiger partial charge in [-0.3, -0.25) is 14.2 Å². The Bertz CT molecular complexity index is 832. The SMILES string of the molecule is Cc1sc2ncn(CCC(=O)N3CC(CN)CC3C)c(=O)c2c1C.Cl. The second-order valence-electron chi connectivity index (χ2n) is 6.69. The summed E-state index contributed by atoms with van der Waals surface area (Å²) in [5.74, 6) is 0.477. The molecule has 6 nitrogen and oxygen atoms in total. The van der Waals surface area contributed by atoms with E-state index in [1.165, 1.54) is 11.3 Å². The molecule has 0 radical (unpaired) electrons. The topological polar surface area (TPSA) is 81.2 Å². The average molecular weight is 385 g/mol. The third kappa shape index (κ3) is 3.73. The van der Waals surface area contributed by atoms with Gasteiger partial charge in [0.05, 0.1) is 11.7 Å². The number of hydrogen-bond acceptors (Lipinski definition) is 5. The number of halogens is 1. The first-order valence-electron chi connectivity index (χ1n) is 8.37. The number of thiophene rings is 1. The van der Waals surface area contributed by atoms with Gasteiger partial charge in [-0.15, -0.1) is 23.7 Å². The molecule has 8 heteroatoms. The summed E-state index contributed by atoms with van der Waals surface area (Å²) in [5.41, 5.74) is 6.66. The quantitative estimate of drug-likeness (QED) is 0.875. The van der Waals surface area contributed by atoms with Crippen molar-refractivity contribution < 1.29 is 4.79 Å². The summed E-state index contributed by atoms with van der Waals surface area (Å²) in [5, 5.41) is 0.685. The molecule has 2 atom stereocenters. The number of amides is 1. The maximum Gasteiger partial charge on any atom is 0.262 e. The zero-order valence-electron chi connectivity index (χ0n) is 14.8. The van der Waals surface area contributed by atoms with Crippen LogP contribution in [0, 0.1) is 19.8 Å². The van der Waals surface area contributed by atoms with Gasteiger partial charge in [0.25, 0.3) is 5.56 Å². The van der Waals surface area contributed by atoms with Gasteiger partial charge in [-0.1, -0.05) is 0 Å². The summed E-state index contributed by atoms with van der Waals surface area (Å²) in [6, 6.07) is 0.227. The van der Waals surface area contributed by atoms with Gasteiger partial charge in [-0.2, -0.15) is 0 Å². The Morgan fingerprint density at radius 1 is 1.44 bits per heavy atom. The molecule has 3 heterocycles. The van der Waals surface area contributed by atoms with Crippen LogP contribution >= 0.6 is 23.7 Å². The van der Waals surface area contributed by atoms with E-state index in [0.29, 0.717) is 30.8 Å². The van der Waals surface area contributed by atoms with Crippen LogP contribution in [-0.2, 0) is 11.3 Å². The van der Waals surface area contributed by atoms with Crippen molar-refractivity contribution in [2.24, 2.45) is 11.7 Å². The highest BCUT2D eigenvalue weighted by molar-refractivity contribution is 7.18. The molecule has 0 bridgehead atoms. The largest absolute Gasteiger partial charge is 0.340 e. The van der Waals surface area contributed by atoms with Gasteiger partial charge in [0.1, 0.15) is 4.83 Å². The number of aryl methyl sites for hydroxylation is 3. The van der Waals surface area contributed by atoms with Crippen molar-refractivity contribution in [2.75, 3.05) is 13.1 Å². The van der Waals surface area contributed by atoms with Crippen LogP contribution in [0.15, 0.2) is 11.1 Å². The van der Waals surface area contributed by atoms with Gasteiger partial charge in [0.15, 0.2) is 0 Å². The standard InChI is InChI=1S/C17H24N4O2S.ClH/c1-10-6-13(7-18)8-21(10)14(22)4-5-20-9-19-16-15(17(20)23)11(2)12(3)24-16;/h9-10,13H,4-8,18H2,1-3H3;1H. The van der Waals surface area contributed by atoms with E-state index >= 15 is 0 Å². The lowest BCUT2D eigenvalue weighted by Crippen LogP contribution is -2.35. The molecule has 1 saturated heterocycles. The number of hydrogen-bond donors (Lipinski definition) is 1. The van der Waals surface area contributed by atoms with Crippen molar-refractivity contribution in [1.29, 1.82) is 0 Å². The van der Waals surface area contributed by atoms with Gasteiger partial charge >= 0.3 is 0 Å². The Balaban J connectivity index is 0.00000225. The van der Waals surface area contributed by atoms with Crippen molar-refractivity contribution in [1.82, 2.24) is 14.5 Å². The molecule has 1 aliphatic heterocycles. The first-order valence-corrected chi connectivity index (χ1v) is 9.18. The maximum atomic E-state index is 12.6. The van der Waals surface area contributed by atoms with E-state index in [0.717, 1.165) is 28.2 Å². The summed E-state index contributed by atoms with van der Waals surface area (Å²) < 4.78 is 1.56. The third-order valence-electron chi connectivity index (χ3n) is 5.04. The van der Waals surface area contributed by atoms with Crippen molar-refractivity contribution in [3.05, 3.63) is 27.1 Å². The lowest BCUT2D eigenvalue weighted by molar-refractivity contribution is -0.132. The van der Waals surface area contributed by atoms with Crippen LogP contribution in [0.4, 0.5) is 0 Å². The van der Waals surface area contributed by atoms with Crippen LogP contribution in [-0.4, -0.2) is 39.5 Å². The molecule has 0 spiro atoms. The van der Waals surface area contributed by atoms with Crippen LogP contribution in [0.5, 0.6) is 0 Å². The zero-order valence-corrected chi connectivity index (χ0v) is 16.5. The number of carbonyl (C=O) groups is 1. The molecule has 0 aliphatic carbocycles. The zero-order chi connectivity index (χ0) is 17.4. The first kappa shape index (κ1) is 19.9. The summed E-state index contributed by atoms with van der Waals surface area (Å²) in [7, 11) is 0. The molecule has 0 saturated carbocycles. The van der Waals surface area contributed by atoms with Crippen molar-refractivity contribution in [2.45, 2.75) is 46.2 Å². The minimum absolute atomic E-state index is 0. The Labute approximate surface area is 157 Å². The van der Waals surface area contributed by atoms with Crippen LogP contribution in [0.1, 0.15) is 30.2 Å². The number of aromatic nitrogens is 2. The third-order valence-corrected chi connectivity index (χ3v) is 6.15. The second-order valence-corrected chi connectivity index (χ2v) is 7.89. The number of nitrogens with zero attached hydrogens (tertiary/aromatic N) is 3. The van der Waals surface area contributed by atoms with E-state index in [9.17, 15) is 9.59 Å². The Morgan fingerprint density at radius 3 is 2.80 bits per heavy atom. The van der Waals surface area contributed by atoms with Gasteiger partial charge in [0.2, 0.25) is 5.91 Å². The molecular weight excluding hydrogens is 360 g/mol. The van der Waals surface area contributed by atoms with Gasteiger partial charge in [0, 0.05) is 30.4 Å². The van der Waals surface area contributed by atoms with Crippen LogP contribution in [0.3, 0.4) is 0 Å². The molecule has 138 valence electrons. The molecule has 25 heavy (non-hydrogen) atoms. The van der Waals surface area contributed by atoms with Crippen molar-refractivity contribution in [3.8, 4) is 0 Å². The number of fused-ring (bicyclic) bond motifs is 1. The van der Waals surface area contributed by atoms with Crippen molar-refractivity contribution in [3.63, 3.8) is 0 Å². The lowest BCUT2D eigenvalue weighted by Gasteiger charge is -2.21. The molecule has 1 aliphatic rings. The summed E-state index contributed by atoms with van der Waals surface area (Å²) in [4.78, 5) is 33.3. The summed E-state index contributed by atoms with van der Waals surface area (Å²) in [6.07, 6.45) is 2.84. The minimum Gasteiger partial charge on any atom is -0.340 e. The van der Waals surface area contributed by atoms with E-state index in [1.54, 1.807) is 10.9 Å². The molecule has 3 rings (SSSR count). The highest BCUT2D eigenvalue weighted by Gasteiger charge is 2.31. The number of carbonyl (C=O) groups excluding carboxylic acids is 1. The molecule has 2 unspecified atom stereocenters. The summed E-state index contributed by atoms with van der Waals surface area (Å²) >= 11 is 1.54. The Hall–Kier alpha value is -1.44. The highest BCUT2D eigenvalue weighted by atomic mass is 35.5. The van der Waals surface area contributed by atoms with E-state index in [4.69, 9.17) is 5.73 Å². The lowest BCUT2D eigenvalue weighted by atomic mass is 10.1. The van der Waals surface area contributed by atoms with Crippen LogP contribution in [0.25, 0.3) is 10.2 Å². The van der Waals surface area contributed by atoms with Crippen molar-refractivity contribution >= 4 is 39.9 Å². The smallest absolute Gasteiger partial charge is 0.262 e. The van der Waals surface area contributed by atoms with Gasteiger partial charge in [-0.05, 0) is 45.2 Å². The maximum absolute atomic E-state index is 12.6. The molecule has 2 N–H and O–H groups in total. The fraction of sp³-hybridized carbons (Fsp3) is 0.588. The highest BCUT2D eigenvalue weighted by Crippen LogP contribution is 2.26. The summed E-state index contributed by atoms with van der Waals surface area (Å²) in [6.45, 7) is 7.72. The Morgan fingerprint density at radius 2 is 2.16 bits per heavy atom. The van der Waals surface area contributed by atoms with E-state index in [1.807, 2.05) is 18.7 Å². The fourth-order valence-corrected chi connectivity index (χ4v) is 4.44. The molecular formula is C17H25ClN4O2S. The molecule has 1 fully saturated rings. The van der Waals surface area contributed by atoms with Gasteiger partial charge in [-0.25, -0.2) is 4.98 Å². The van der Waals surface area contributed by atoms with Crippen LogP contribution < -0.4 is 11.3 Å². The normalized spacial score (nSPS) is 20.1. The van der Waals surface area contributed by atoms with E-state index < -0.39 is 0 Å². The predicted octanol–water partition coefficient (Wildman–Crippen LogP) is 2.08. The molecule has 2 aromatic heterocycles. The molecule has 0 aromatic carbocycles. The average Bonchev–Trinajstić information content (AvgIpc) is 3.07. The fourth-order valence-electron chi connectivity index (χ4n) is 3.45. The van der Waals surface area contributed by atoms with E-state index in [-0.39, 0.29) is 29.9 Å². The first-order chi connectivity index (χ1) is 11.4. The minimum atomic E-state index is -0.0519. The number of nitrogens with two attached hydrogens (primary N) is 1. The predicted molar refractivity (Wildman–Crippen MR) is 104 cm³/mol. The molecule has 1 amide bonds. The van der Waals surface area contributed by atoms with Gasteiger partial charge < -0.3 is 10.6 Å². The second kappa shape index (κ2) is 7.85. The number of likely N-dealkylation sites (tertiary alicyclic amines) is 1. The monoisotopic (exact) mass is 384 g/mol. The van der Waals surface area contributed by atoms with E-state index in [2.05, 4.69) is 11.9 Å². The Kier molecular flexibility index (Phi) is 6.24. The van der Waals surface area contributed by atoms with Crippen LogP contribution in [0.2, 0.25) is 0 Å². The molecule has 2 aromatic rings. The number of rotatable bonds is 4.